The van der Waals surface area contributed by atoms with Crippen LogP contribution in [0, 0.1) is 12.8 Å². The van der Waals surface area contributed by atoms with Crippen LogP contribution in [0.15, 0.2) is 30.5 Å². The highest BCUT2D eigenvalue weighted by molar-refractivity contribution is 6.30. The molecule has 0 bridgehead atoms. The van der Waals surface area contributed by atoms with E-state index in [2.05, 4.69) is 5.10 Å². The highest BCUT2D eigenvalue weighted by Crippen LogP contribution is 2.23. The van der Waals surface area contributed by atoms with Crippen LogP contribution in [0.25, 0.3) is 5.69 Å². The number of piperidine rings is 1. The highest BCUT2D eigenvalue weighted by Gasteiger charge is 2.27. The van der Waals surface area contributed by atoms with Crippen molar-refractivity contribution in [1.29, 1.82) is 0 Å². The molecule has 1 amide bonds. The molecule has 6 nitrogen and oxygen atoms in total. The van der Waals surface area contributed by atoms with Crippen LogP contribution in [0.1, 0.15) is 35.3 Å². The standard InChI is InChI=1S/C18H20ClN3O3/c1-12-16(11-20-22(12)15-4-2-14(19)3-5-15)18(25)21-8-6-13(7-9-21)10-17(23)24/h2-5,11,13H,6-10H2,1H3,(H,23,24). The summed E-state index contributed by atoms with van der Waals surface area (Å²) in [6.07, 6.45) is 3.22. The molecule has 0 unspecified atom stereocenters. The number of carboxylic acid groups (broad SMARTS) is 1. The molecule has 0 atom stereocenters. The molecule has 0 aliphatic carbocycles. The highest BCUT2D eigenvalue weighted by atomic mass is 35.5. The van der Waals surface area contributed by atoms with Gasteiger partial charge in [-0.15, -0.1) is 0 Å². The molecule has 3 rings (SSSR count). The van der Waals surface area contributed by atoms with Gasteiger partial charge in [0.05, 0.1) is 23.1 Å². The van der Waals surface area contributed by atoms with E-state index in [1.165, 1.54) is 0 Å². The molecular weight excluding hydrogens is 342 g/mol. The molecule has 1 aromatic carbocycles. The number of aromatic nitrogens is 2. The smallest absolute Gasteiger partial charge is 0.303 e. The molecule has 1 aliphatic rings. The fraction of sp³-hybridized carbons (Fsp3) is 0.389. The summed E-state index contributed by atoms with van der Waals surface area (Å²) >= 11 is 5.91. The van der Waals surface area contributed by atoms with Gasteiger partial charge >= 0.3 is 5.97 Å². The normalized spacial score (nSPS) is 15.4. The van der Waals surface area contributed by atoms with Crippen molar-refractivity contribution in [3.05, 3.63) is 46.7 Å². The summed E-state index contributed by atoms with van der Waals surface area (Å²) in [5.41, 5.74) is 2.20. The van der Waals surface area contributed by atoms with Crippen molar-refractivity contribution < 1.29 is 14.7 Å². The van der Waals surface area contributed by atoms with Crippen molar-refractivity contribution in [1.82, 2.24) is 14.7 Å². The lowest BCUT2D eigenvalue weighted by molar-refractivity contribution is -0.138. The Balaban J connectivity index is 1.71. The van der Waals surface area contributed by atoms with Crippen molar-refractivity contribution in [2.75, 3.05) is 13.1 Å². The van der Waals surface area contributed by atoms with Gasteiger partial charge in [-0.25, -0.2) is 4.68 Å². The third-order valence-electron chi connectivity index (χ3n) is 4.68. The summed E-state index contributed by atoms with van der Waals surface area (Å²) in [5, 5.41) is 13.9. The van der Waals surface area contributed by atoms with Crippen molar-refractivity contribution in [2.45, 2.75) is 26.2 Å². The molecule has 0 radical (unpaired) electrons. The number of rotatable bonds is 4. The van der Waals surface area contributed by atoms with E-state index in [4.69, 9.17) is 16.7 Å². The number of benzene rings is 1. The van der Waals surface area contributed by atoms with Gasteiger partial charge in [0.2, 0.25) is 0 Å². The first-order valence-corrected chi connectivity index (χ1v) is 8.65. The SMILES string of the molecule is Cc1c(C(=O)N2CCC(CC(=O)O)CC2)cnn1-c1ccc(Cl)cc1. The number of hydrogen-bond donors (Lipinski definition) is 1. The molecule has 1 aliphatic heterocycles. The number of likely N-dealkylation sites (tertiary alicyclic amines) is 1. The second kappa shape index (κ2) is 7.27. The fourth-order valence-corrected chi connectivity index (χ4v) is 3.35. The molecule has 132 valence electrons. The van der Waals surface area contributed by atoms with Gasteiger partial charge in [0.1, 0.15) is 0 Å². The maximum absolute atomic E-state index is 12.8. The number of aliphatic carboxylic acids is 1. The molecule has 7 heteroatoms. The monoisotopic (exact) mass is 361 g/mol. The predicted molar refractivity (Wildman–Crippen MR) is 94.2 cm³/mol. The Morgan fingerprint density at radius 3 is 2.48 bits per heavy atom. The molecule has 1 aromatic heterocycles. The van der Waals surface area contributed by atoms with E-state index >= 15 is 0 Å². The van der Waals surface area contributed by atoms with Crippen LogP contribution < -0.4 is 0 Å². The summed E-state index contributed by atoms with van der Waals surface area (Å²) in [4.78, 5) is 25.4. The van der Waals surface area contributed by atoms with Crippen molar-refractivity contribution in [2.24, 2.45) is 5.92 Å². The van der Waals surface area contributed by atoms with Gasteiger partial charge < -0.3 is 10.0 Å². The van der Waals surface area contributed by atoms with Crippen LogP contribution in [-0.4, -0.2) is 44.8 Å². The third-order valence-corrected chi connectivity index (χ3v) is 4.93. The minimum atomic E-state index is -0.773. The van der Waals surface area contributed by atoms with Crippen LogP contribution in [0.5, 0.6) is 0 Å². The maximum atomic E-state index is 12.8. The van der Waals surface area contributed by atoms with Gasteiger partial charge in [0, 0.05) is 24.5 Å². The minimum Gasteiger partial charge on any atom is -0.481 e. The zero-order valence-corrected chi connectivity index (χ0v) is 14.7. The van der Waals surface area contributed by atoms with Gasteiger partial charge in [-0.05, 0) is 49.9 Å². The zero-order valence-electron chi connectivity index (χ0n) is 14.0. The molecule has 2 heterocycles. The van der Waals surface area contributed by atoms with Crippen LogP contribution >= 0.6 is 11.6 Å². The second-order valence-electron chi connectivity index (χ2n) is 6.37. The summed E-state index contributed by atoms with van der Waals surface area (Å²) < 4.78 is 1.72. The Kier molecular flexibility index (Phi) is 5.08. The molecule has 0 saturated carbocycles. The molecule has 1 saturated heterocycles. The fourth-order valence-electron chi connectivity index (χ4n) is 3.22. The lowest BCUT2D eigenvalue weighted by atomic mass is 9.93. The maximum Gasteiger partial charge on any atom is 0.303 e. The molecule has 25 heavy (non-hydrogen) atoms. The van der Waals surface area contributed by atoms with Crippen LogP contribution in [0.2, 0.25) is 5.02 Å². The first kappa shape index (κ1) is 17.5. The van der Waals surface area contributed by atoms with E-state index in [-0.39, 0.29) is 18.2 Å². The first-order chi connectivity index (χ1) is 12.0. The lowest BCUT2D eigenvalue weighted by Crippen LogP contribution is -2.39. The summed E-state index contributed by atoms with van der Waals surface area (Å²) in [6, 6.07) is 7.28. The number of halogens is 1. The van der Waals surface area contributed by atoms with E-state index in [9.17, 15) is 9.59 Å². The number of nitrogens with zero attached hydrogens (tertiary/aromatic N) is 3. The molecule has 0 spiro atoms. The molecule has 1 fully saturated rings. The average Bonchev–Trinajstić information content (AvgIpc) is 2.97. The second-order valence-corrected chi connectivity index (χ2v) is 6.80. The van der Waals surface area contributed by atoms with Crippen molar-refractivity contribution >= 4 is 23.5 Å². The summed E-state index contributed by atoms with van der Waals surface area (Å²) in [7, 11) is 0. The minimum absolute atomic E-state index is 0.0495. The number of hydrogen-bond acceptors (Lipinski definition) is 3. The van der Waals surface area contributed by atoms with E-state index in [1.54, 1.807) is 27.9 Å². The van der Waals surface area contributed by atoms with Crippen molar-refractivity contribution in [3.63, 3.8) is 0 Å². The molecular formula is C18H20ClN3O3. The van der Waals surface area contributed by atoms with Crippen LogP contribution in [0.4, 0.5) is 0 Å². The first-order valence-electron chi connectivity index (χ1n) is 8.27. The van der Waals surface area contributed by atoms with E-state index < -0.39 is 5.97 Å². The Morgan fingerprint density at radius 1 is 1.24 bits per heavy atom. The average molecular weight is 362 g/mol. The Bertz CT molecular complexity index is 777. The van der Waals surface area contributed by atoms with Crippen LogP contribution in [0.3, 0.4) is 0 Å². The van der Waals surface area contributed by atoms with E-state index in [1.807, 2.05) is 19.1 Å². The van der Waals surface area contributed by atoms with E-state index in [0.29, 0.717) is 23.7 Å². The van der Waals surface area contributed by atoms with Gasteiger partial charge in [-0.1, -0.05) is 11.6 Å². The topological polar surface area (TPSA) is 75.4 Å². The van der Waals surface area contributed by atoms with Crippen LogP contribution in [-0.2, 0) is 4.79 Å². The third kappa shape index (κ3) is 3.85. The Hall–Kier alpha value is -2.34. The van der Waals surface area contributed by atoms with Gasteiger partial charge in [-0.2, -0.15) is 5.10 Å². The number of carboxylic acids is 1. The number of amides is 1. The quantitative estimate of drug-likeness (QED) is 0.907. The predicted octanol–water partition coefficient (Wildman–Crippen LogP) is 3.16. The summed E-state index contributed by atoms with van der Waals surface area (Å²) in [6.45, 7) is 3.04. The zero-order chi connectivity index (χ0) is 18.0. The van der Waals surface area contributed by atoms with E-state index in [0.717, 1.165) is 24.2 Å². The lowest BCUT2D eigenvalue weighted by Gasteiger charge is -2.31. The number of carbonyl (C=O) groups is 2. The van der Waals surface area contributed by atoms with Gasteiger partial charge in [0.15, 0.2) is 0 Å². The van der Waals surface area contributed by atoms with Gasteiger partial charge in [0.25, 0.3) is 5.91 Å². The van der Waals surface area contributed by atoms with Crippen molar-refractivity contribution in [3.8, 4) is 5.69 Å². The largest absolute Gasteiger partial charge is 0.481 e. The van der Waals surface area contributed by atoms with Gasteiger partial charge in [-0.3, -0.25) is 9.59 Å². The summed E-state index contributed by atoms with van der Waals surface area (Å²) in [5.74, 6) is -0.671. The Morgan fingerprint density at radius 2 is 1.88 bits per heavy atom. The molecule has 2 aromatic rings. The molecule has 1 N–H and O–H groups in total. The number of carbonyl (C=O) groups excluding carboxylic acids is 1. The Labute approximate surface area is 151 Å².